The van der Waals surface area contributed by atoms with Crippen molar-refractivity contribution in [3.8, 4) is 22.5 Å². The van der Waals surface area contributed by atoms with Crippen molar-refractivity contribution in [2.75, 3.05) is 5.73 Å². The van der Waals surface area contributed by atoms with Crippen molar-refractivity contribution < 1.29 is 0 Å². The zero-order chi connectivity index (χ0) is 26.6. The predicted molar refractivity (Wildman–Crippen MR) is 157 cm³/mol. The van der Waals surface area contributed by atoms with E-state index in [4.69, 9.17) is 5.73 Å². The van der Waals surface area contributed by atoms with E-state index in [9.17, 15) is 0 Å². The molecule has 4 aromatic rings. The standard InChI is InChI=1S/C17H22N2.C15H19N3/c1-4-14-9-10-18-17(11-14)16-8-6-5-7-15(16)12-19-13(2)3;1-11(2)18-10-12-5-3-4-6-14(12)15-9-13(16)7-8-17-15/h5-11,13,19H,4,12H2,1-3H3;3-9,11,18H,10H2,1-2H3,(H2,16,17). The van der Waals surface area contributed by atoms with Crippen LogP contribution in [0.5, 0.6) is 0 Å². The summed E-state index contributed by atoms with van der Waals surface area (Å²) in [6.07, 6.45) is 4.69. The van der Waals surface area contributed by atoms with Crippen LogP contribution in [0.3, 0.4) is 0 Å². The average molecular weight is 496 g/mol. The number of nitrogens with one attached hydrogen (secondary N) is 2. The molecule has 0 amide bonds. The van der Waals surface area contributed by atoms with Gasteiger partial charge in [0, 0.05) is 54.4 Å². The third-order valence-electron chi connectivity index (χ3n) is 6.00. The number of aryl methyl sites for hydroxylation is 1. The second-order valence-corrected chi connectivity index (χ2v) is 9.76. The highest BCUT2D eigenvalue weighted by Gasteiger charge is 2.08. The number of aromatic nitrogens is 2. The van der Waals surface area contributed by atoms with E-state index in [1.165, 1.54) is 22.3 Å². The predicted octanol–water partition coefficient (Wildman–Crippen LogP) is 6.64. The third-order valence-corrected chi connectivity index (χ3v) is 6.00. The zero-order valence-electron chi connectivity index (χ0n) is 22.8. The fraction of sp³-hybridized carbons (Fsp3) is 0.312. The van der Waals surface area contributed by atoms with Crippen molar-refractivity contribution in [3.63, 3.8) is 0 Å². The summed E-state index contributed by atoms with van der Waals surface area (Å²) in [7, 11) is 0. The topological polar surface area (TPSA) is 75.9 Å². The molecule has 0 bridgehead atoms. The van der Waals surface area contributed by atoms with E-state index in [-0.39, 0.29) is 0 Å². The van der Waals surface area contributed by atoms with Crippen molar-refractivity contribution >= 4 is 5.69 Å². The van der Waals surface area contributed by atoms with Gasteiger partial charge in [0.15, 0.2) is 0 Å². The largest absolute Gasteiger partial charge is 0.399 e. The third kappa shape index (κ3) is 8.81. The fourth-order valence-electron chi connectivity index (χ4n) is 3.91. The molecular formula is C32H41N5. The van der Waals surface area contributed by atoms with Gasteiger partial charge in [0.25, 0.3) is 0 Å². The Hall–Kier alpha value is -3.54. The molecule has 2 heterocycles. The van der Waals surface area contributed by atoms with Crippen molar-refractivity contribution in [1.29, 1.82) is 0 Å². The Kier molecular flexibility index (Phi) is 10.8. The van der Waals surface area contributed by atoms with E-state index < -0.39 is 0 Å². The summed E-state index contributed by atoms with van der Waals surface area (Å²) in [6.45, 7) is 12.5. The molecule has 0 aliphatic rings. The first-order valence-corrected chi connectivity index (χ1v) is 13.2. The molecule has 5 heteroatoms. The molecule has 0 atom stereocenters. The van der Waals surface area contributed by atoms with E-state index in [1.807, 2.05) is 24.4 Å². The summed E-state index contributed by atoms with van der Waals surface area (Å²) in [5.74, 6) is 0. The Bertz CT molecular complexity index is 1250. The lowest BCUT2D eigenvalue weighted by molar-refractivity contribution is 0.589. The fourth-order valence-corrected chi connectivity index (χ4v) is 3.91. The molecule has 4 N–H and O–H groups in total. The summed E-state index contributed by atoms with van der Waals surface area (Å²) < 4.78 is 0. The van der Waals surface area contributed by atoms with Crippen LogP contribution in [-0.4, -0.2) is 22.1 Å². The van der Waals surface area contributed by atoms with Gasteiger partial charge in [0.05, 0.1) is 11.4 Å². The molecule has 2 aromatic carbocycles. The van der Waals surface area contributed by atoms with Crippen LogP contribution < -0.4 is 16.4 Å². The molecule has 4 rings (SSSR count). The highest BCUT2D eigenvalue weighted by atomic mass is 14.9. The van der Waals surface area contributed by atoms with Crippen LogP contribution in [0.25, 0.3) is 22.5 Å². The number of benzene rings is 2. The highest BCUT2D eigenvalue weighted by Crippen LogP contribution is 2.24. The molecule has 0 fully saturated rings. The summed E-state index contributed by atoms with van der Waals surface area (Å²) in [5, 5.41) is 6.90. The van der Waals surface area contributed by atoms with Crippen molar-refractivity contribution in [1.82, 2.24) is 20.6 Å². The summed E-state index contributed by atoms with van der Waals surface area (Å²) in [4.78, 5) is 8.91. The van der Waals surface area contributed by atoms with Crippen LogP contribution in [0.2, 0.25) is 0 Å². The number of nitrogen functional groups attached to an aromatic ring is 1. The molecule has 0 radical (unpaired) electrons. The number of hydrogen-bond donors (Lipinski definition) is 3. The van der Waals surface area contributed by atoms with Crippen molar-refractivity contribution in [2.45, 2.75) is 66.2 Å². The molecule has 0 aliphatic carbocycles. The zero-order valence-corrected chi connectivity index (χ0v) is 22.8. The molecular weight excluding hydrogens is 454 g/mol. The van der Waals surface area contributed by atoms with E-state index in [0.717, 1.165) is 42.1 Å². The number of pyridine rings is 2. The molecule has 0 saturated carbocycles. The first-order valence-electron chi connectivity index (χ1n) is 13.2. The number of nitrogens with zero attached hydrogens (tertiary/aromatic N) is 2. The van der Waals surface area contributed by atoms with Crippen LogP contribution in [-0.2, 0) is 19.5 Å². The van der Waals surface area contributed by atoms with E-state index >= 15 is 0 Å². The molecule has 2 aromatic heterocycles. The Balaban J connectivity index is 0.000000206. The van der Waals surface area contributed by atoms with Gasteiger partial charge >= 0.3 is 0 Å². The van der Waals surface area contributed by atoms with Gasteiger partial charge in [0.1, 0.15) is 0 Å². The number of rotatable bonds is 9. The molecule has 0 saturated heterocycles. The SMILES string of the molecule is CC(C)NCc1ccccc1-c1cc(N)ccn1.CCc1ccnc(-c2ccccc2CNC(C)C)c1. The maximum atomic E-state index is 5.81. The molecule has 0 unspecified atom stereocenters. The van der Waals surface area contributed by atoms with Gasteiger partial charge in [-0.3, -0.25) is 9.97 Å². The summed E-state index contributed by atoms with van der Waals surface area (Å²) in [6, 6.07) is 25.7. The van der Waals surface area contributed by atoms with Crippen LogP contribution in [0.15, 0.2) is 85.2 Å². The molecule has 0 aliphatic heterocycles. The average Bonchev–Trinajstić information content (AvgIpc) is 2.91. The monoisotopic (exact) mass is 495 g/mol. The van der Waals surface area contributed by atoms with Crippen LogP contribution in [0.1, 0.15) is 51.3 Å². The second-order valence-electron chi connectivity index (χ2n) is 9.76. The minimum Gasteiger partial charge on any atom is -0.399 e. The quantitative estimate of drug-likeness (QED) is 0.243. The summed E-state index contributed by atoms with van der Waals surface area (Å²) in [5.41, 5.74) is 14.8. The van der Waals surface area contributed by atoms with Gasteiger partial charge in [-0.2, -0.15) is 0 Å². The maximum absolute atomic E-state index is 5.81. The van der Waals surface area contributed by atoms with Gasteiger partial charge in [-0.1, -0.05) is 83.1 Å². The Morgan fingerprint density at radius 2 is 1.16 bits per heavy atom. The van der Waals surface area contributed by atoms with Crippen molar-refractivity contribution in [3.05, 3.63) is 102 Å². The van der Waals surface area contributed by atoms with Crippen molar-refractivity contribution in [2.24, 2.45) is 0 Å². The van der Waals surface area contributed by atoms with E-state index in [1.54, 1.807) is 12.3 Å². The first-order chi connectivity index (χ1) is 17.9. The van der Waals surface area contributed by atoms with Gasteiger partial charge in [0.2, 0.25) is 0 Å². The van der Waals surface area contributed by atoms with Gasteiger partial charge in [-0.15, -0.1) is 0 Å². The Morgan fingerprint density at radius 3 is 1.65 bits per heavy atom. The van der Waals surface area contributed by atoms with Gasteiger partial charge in [-0.25, -0.2) is 0 Å². The second kappa shape index (κ2) is 14.3. The van der Waals surface area contributed by atoms with Crippen LogP contribution in [0, 0.1) is 0 Å². The smallest absolute Gasteiger partial charge is 0.0725 e. The minimum atomic E-state index is 0.465. The lowest BCUT2D eigenvalue weighted by Gasteiger charge is -2.12. The Morgan fingerprint density at radius 1 is 0.676 bits per heavy atom. The highest BCUT2D eigenvalue weighted by molar-refractivity contribution is 5.66. The van der Waals surface area contributed by atoms with E-state index in [0.29, 0.717) is 12.1 Å². The lowest BCUT2D eigenvalue weighted by atomic mass is 10.0. The van der Waals surface area contributed by atoms with Crippen LogP contribution >= 0.6 is 0 Å². The number of anilines is 1. The lowest BCUT2D eigenvalue weighted by Crippen LogP contribution is -2.22. The molecule has 37 heavy (non-hydrogen) atoms. The first kappa shape index (κ1) is 28.0. The summed E-state index contributed by atoms with van der Waals surface area (Å²) >= 11 is 0. The van der Waals surface area contributed by atoms with E-state index in [2.05, 4.69) is 104 Å². The van der Waals surface area contributed by atoms with Gasteiger partial charge < -0.3 is 16.4 Å². The Labute approximate surface area is 222 Å². The molecule has 5 nitrogen and oxygen atoms in total. The number of nitrogens with two attached hydrogens (primary N) is 1. The van der Waals surface area contributed by atoms with Crippen LogP contribution in [0.4, 0.5) is 5.69 Å². The normalized spacial score (nSPS) is 10.9. The maximum Gasteiger partial charge on any atom is 0.0725 e. The molecule has 194 valence electrons. The molecule has 0 spiro atoms. The van der Waals surface area contributed by atoms with Gasteiger partial charge in [-0.05, 0) is 47.4 Å². The number of hydrogen-bond acceptors (Lipinski definition) is 5. The minimum absolute atomic E-state index is 0.465.